The standard InChI is InChI=1S/C15H16O3/c1-2-12(8-11-6-4-3-5-7-11)14-9-13(16)10-15(17)18-14/h3-7,9-10,12,16H,2,8H2,1H3/t12-/m0/s1. The third kappa shape index (κ3) is 3.00. The van der Waals surface area contributed by atoms with E-state index in [1.807, 2.05) is 37.3 Å². The normalized spacial score (nSPS) is 12.3. The molecule has 18 heavy (non-hydrogen) atoms. The molecule has 2 aromatic rings. The first-order valence-corrected chi connectivity index (χ1v) is 6.07. The second-order valence-electron chi connectivity index (χ2n) is 4.33. The summed E-state index contributed by atoms with van der Waals surface area (Å²) in [6.07, 6.45) is 1.64. The second-order valence-corrected chi connectivity index (χ2v) is 4.33. The van der Waals surface area contributed by atoms with Crippen molar-refractivity contribution in [2.24, 2.45) is 0 Å². The highest BCUT2D eigenvalue weighted by molar-refractivity contribution is 5.23. The second kappa shape index (κ2) is 5.54. The van der Waals surface area contributed by atoms with Gasteiger partial charge in [-0.25, -0.2) is 4.79 Å². The molecule has 0 radical (unpaired) electrons. The molecule has 0 aliphatic rings. The van der Waals surface area contributed by atoms with Crippen LogP contribution in [0.1, 0.15) is 30.6 Å². The number of benzene rings is 1. The van der Waals surface area contributed by atoms with Crippen LogP contribution in [0.5, 0.6) is 5.75 Å². The fraction of sp³-hybridized carbons (Fsp3) is 0.267. The van der Waals surface area contributed by atoms with E-state index < -0.39 is 5.63 Å². The van der Waals surface area contributed by atoms with E-state index in [1.165, 1.54) is 11.6 Å². The minimum Gasteiger partial charge on any atom is -0.508 e. The summed E-state index contributed by atoms with van der Waals surface area (Å²) in [5.74, 6) is 0.617. The molecule has 0 aliphatic heterocycles. The summed E-state index contributed by atoms with van der Waals surface area (Å²) in [7, 11) is 0. The largest absolute Gasteiger partial charge is 0.508 e. The summed E-state index contributed by atoms with van der Waals surface area (Å²) in [4.78, 5) is 11.3. The van der Waals surface area contributed by atoms with E-state index >= 15 is 0 Å². The van der Waals surface area contributed by atoms with E-state index in [0.29, 0.717) is 5.76 Å². The molecule has 0 spiro atoms. The molecule has 3 nitrogen and oxygen atoms in total. The summed E-state index contributed by atoms with van der Waals surface area (Å²) >= 11 is 0. The lowest BCUT2D eigenvalue weighted by Gasteiger charge is -2.13. The van der Waals surface area contributed by atoms with Crippen LogP contribution in [0.4, 0.5) is 0 Å². The number of hydrogen-bond acceptors (Lipinski definition) is 3. The lowest BCUT2D eigenvalue weighted by atomic mass is 9.94. The van der Waals surface area contributed by atoms with Gasteiger partial charge in [-0.1, -0.05) is 37.3 Å². The van der Waals surface area contributed by atoms with Crippen LogP contribution < -0.4 is 5.63 Å². The van der Waals surface area contributed by atoms with Crippen LogP contribution in [0.15, 0.2) is 51.7 Å². The van der Waals surface area contributed by atoms with Gasteiger partial charge in [-0.05, 0) is 18.4 Å². The molecule has 1 aromatic heterocycles. The van der Waals surface area contributed by atoms with Gasteiger partial charge in [0.05, 0.1) is 6.07 Å². The van der Waals surface area contributed by atoms with Gasteiger partial charge >= 0.3 is 5.63 Å². The van der Waals surface area contributed by atoms with Crippen molar-refractivity contribution in [1.29, 1.82) is 0 Å². The monoisotopic (exact) mass is 244 g/mol. The number of hydrogen-bond donors (Lipinski definition) is 1. The Labute approximate surface area is 106 Å². The lowest BCUT2D eigenvalue weighted by Crippen LogP contribution is -2.06. The molecule has 0 aliphatic carbocycles. The van der Waals surface area contributed by atoms with Gasteiger partial charge in [0.25, 0.3) is 0 Å². The highest BCUT2D eigenvalue weighted by Crippen LogP contribution is 2.25. The Hall–Kier alpha value is -2.03. The average molecular weight is 244 g/mol. The van der Waals surface area contributed by atoms with Gasteiger partial charge in [-0.3, -0.25) is 0 Å². The topological polar surface area (TPSA) is 50.4 Å². The van der Waals surface area contributed by atoms with Crippen LogP contribution in [0.3, 0.4) is 0 Å². The maximum Gasteiger partial charge on any atom is 0.339 e. The molecule has 1 aromatic carbocycles. The summed E-state index contributed by atoms with van der Waals surface area (Å²) in [6, 6.07) is 12.6. The summed E-state index contributed by atoms with van der Waals surface area (Å²) < 4.78 is 5.17. The third-order valence-corrected chi connectivity index (χ3v) is 2.99. The molecule has 3 heteroatoms. The first kappa shape index (κ1) is 12.4. The Bertz CT molecular complexity index is 557. The zero-order chi connectivity index (χ0) is 13.0. The minimum absolute atomic E-state index is 0.0345. The molecular weight excluding hydrogens is 228 g/mol. The molecule has 0 saturated carbocycles. The van der Waals surface area contributed by atoms with Crippen molar-refractivity contribution in [2.45, 2.75) is 25.7 Å². The van der Waals surface area contributed by atoms with Crippen molar-refractivity contribution >= 4 is 0 Å². The maximum atomic E-state index is 11.3. The Morgan fingerprint density at radius 1 is 1.22 bits per heavy atom. The molecule has 0 fully saturated rings. The van der Waals surface area contributed by atoms with Gasteiger partial charge in [0.2, 0.25) is 0 Å². The minimum atomic E-state index is -0.503. The van der Waals surface area contributed by atoms with Crippen LogP contribution >= 0.6 is 0 Å². The van der Waals surface area contributed by atoms with Gasteiger partial charge < -0.3 is 9.52 Å². The molecule has 1 N–H and O–H groups in total. The van der Waals surface area contributed by atoms with E-state index in [4.69, 9.17) is 4.42 Å². The summed E-state index contributed by atoms with van der Waals surface area (Å²) in [5.41, 5.74) is 0.687. The zero-order valence-electron chi connectivity index (χ0n) is 10.3. The van der Waals surface area contributed by atoms with E-state index in [-0.39, 0.29) is 11.7 Å². The molecule has 0 bridgehead atoms. The number of aromatic hydroxyl groups is 1. The first-order chi connectivity index (χ1) is 8.69. The average Bonchev–Trinajstić information content (AvgIpc) is 2.36. The smallest absolute Gasteiger partial charge is 0.339 e. The molecule has 94 valence electrons. The Balaban J connectivity index is 2.25. The highest BCUT2D eigenvalue weighted by atomic mass is 16.4. The molecule has 0 unspecified atom stereocenters. The van der Waals surface area contributed by atoms with Gasteiger partial charge in [0.15, 0.2) is 0 Å². The van der Waals surface area contributed by atoms with Gasteiger partial charge in [0.1, 0.15) is 11.5 Å². The van der Waals surface area contributed by atoms with Gasteiger partial charge in [0, 0.05) is 12.0 Å². The lowest BCUT2D eigenvalue weighted by molar-refractivity contribution is 0.394. The molecule has 0 amide bonds. The third-order valence-electron chi connectivity index (χ3n) is 2.99. The zero-order valence-corrected chi connectivity index (χ0v) is 10.3. The van der Waals surface area contributed by atoms with Gasteiger partial charge in [-0.2, -0.15) is 0 Å². The molecule has 0 saturated heterocycles. The van der Waals surface area contributed by atoms with Crippen molar-refractivity contribution in [3.8, 4) is 5.75 Å². The van der Waals surface area contributed by atoms with Crippen molar-refractivity contribution in [3.05, 3.63) is 64.2 Å². The summed E-state index contributed by atoms with van der Waals surface area (Å²) in [5, 5.41) is 9.44. The van der Waals surface area contributed by atoms with E-state index in [2.05, 4.69) is 0 Å². The highest BCUT2D eigenvalue weighted by Gasteiger charge is 2.14. The van der Waals surface area contributed by atoms with Crippen LogP contribution in [0.25, 0.3) is 0 Å². The van der Waals surface area contributed by atoms with Crippen molar-refractivity contribution in [3.63, 3.8) is 0 Å². The van der Waals surface area contributed by atoms with Crippen molar-refractivity contribution in [2.75, 3.05) is 0 Å². The van der Waals surface area contributed by atoms with E-state index in [0.717, 1.165) is 18.9 Å². The SMILES string of the molecule is CC[C@@H](Cc1ccccc1)c1cc(O)cc(=O)o1. The maximum absolute atomic E-state index is 11.3. The fourth-order valence-electron chi connectivity index (χ4n) is 2.03. The number of rotatable bonds is 4. The Morgan fingerprint density at radius 3 is 2.56 bits per heavy atom. The first-order valence-electron chi connectivity index (χ1n) is 6.07. The predicted octanol–water partition coefficient (Wildman–Crippen LogP) is 3.08. The molecule has 2 rings (SSSR count). The van der Waals surface area contributed by atoms with Crippen molar-refractivity contribution < 1.29 is 9.52 Å². The summed E-state index contributed by atoms with van der Waals surface area (Å²) in [6.45, 7) is 2.04. The van der Waals surface area contributed by atoms with Crippen LogP contribution in [-0.2, 0) is 6.42 Å². The Morgan fingerprint density at radius 2 is 1.94 bits per heavy atom. The fourth-order valence-corrected chi connectivity index (χ4v) is 2.03. The van der Waals surface area contributed by atoms with E-state index in [9.17, 15) is 9.90 Å². The van der Waals surface area contributed by atoms with E-state index in [1.54, 1.807) is 0 Å². The van der Waals surface area contributed by atoms with Gasteiger partial charge in [-0.15, -0.1) is 0 Å². The van der Waals surface area contributed by atoms with Crippen LogP contribution in [0.2, 0.25) is 0 Å². The molecular formula is C15H16O3. The predicted molar refractivity (Wildman–Crippen MR) is 69.8 cm³/mol. The van der Waals surface area contributed by atoms with Crippen LogP contribution in [-0.4, -0.2) is 5.11 Å². The van der Waals surface area contributed by atoms with Crippen LogP contribution in [0, 0.1) is 0 Å². The van der Waals surface area contributed by atoms with Crippen molar-refractivity contribution in [1.82, 2.24) is 0 Å². The Kier molecular flexibility index (Phi) is 3.82. The molecule has 1 heterocycles. The quantitative estimate of drug-likeness (QED) is 0.899. The molecule has 1 atom stereocenters.